The van der Waals surface area contributed by atoms with E-state index in [1.54, 1.807) is 0 Å². The van der Waals surface area contributed by atoms with Gasteiger partial charge >= 0.3 is 0 Å². The van der Waals surface area contributed by atoms with Gasteiger partial charge in [0.1, 0.15) is 0 Å². The van der Waals surface area contributed by atoms with E-state index in [4.69, 9.17) is 4.74 Å². The molecule has 114 valence electrons. The van der Waals surface area contributed by atoms with Crippen LogP contribution in [0.3, 0.4) is 0 Å². The molecule has 2 aliphatic heterocycles. The summed E-state index contributed by atoms with van der Waals surface area (Å²) in [7, 11) is 3.95. The Labute approximate surface area is 125 Å². The highest BCUT2D eigenvalue weighted by atomic mass is 16.5. The van der Waals surface area contributed by atoms with Gasteiger partial charge < -0.3 is 15.4 Å². The van der Waals surface area contributed by atoms with Crippen LogP contribution in [0.4, 0.5) is 11.4 Å². The highest BCUT2D eigenvalue weighted by Gasteiger charge is 2.33. The fraction of sp³-hybridized carbons (Fsp3) is 0.562. The molecule has 0 aromatic heterocycles. The second-order valence-electron chi connectivity index (χ2n) is 5.84. The van der Waals surface area contributed by atoms with E-state index in [1.165, 1.54) is 5.56 Å². The Morgan fingerprint density at radius 3 is 2.81 bits per heavy atom. The molecule has 5 nitrogen and oxygen atoms in total. The number of carbonyl (C=O) groups is 1. The van der Waals surface area contributed by atoms with E-state index in [-0.39, 0.29) is 11.9 Å². The lowest BCUT2D eigenvalue weighted by atomic mass is 9.95. The summed E-state index contributed by atoms with van der Waals surface area (Å²) in [5, 5.41) is 6.15. The van der Waals surface area contributed by atoms with Gasteiger partial charge in [-0.25, -0.2) is 0 Å². The fourth-order valence-corrected chi connectivity index (χ4v) is 3.22. The van der Waals surface area contributed by atoms with Gasteiger partial charge in [0.15, 0.2) is 0 Å². The van der Waals surface area contributed by atoms with E-state index in [0.29, 0.717) is 6.04 Å². The molecule has 1 fully saturated rings. The third-order valence-corrected chi connectivity index (χ3v) is 4.63. The molecule has 1 atom stereocenters. The summed E-state index contributed by atoms with van der Waals surface area (Å²) in [4.78, 5) is 14.7. The molecule has 21 heavy (non-hydrogen) atoms. The minimum atomic E-state index is -0.0824. The van der Waals surface area contributed by atoms with Gasteiger partial charge in [-0.3, -0.25) is 9.69 Å². The van der Waals surface area contributed by atoms with Crippen molar-refractivity contribution in [3.05, 3.63) is 23.8 Å². The van der Waals surface area contributed by atoms with Gasteiger partial charge in [0.25, 0.3) is 0 Å². The molecule has 2 aliphatic rings. The molecule has 1 aromatic rings. The Morgan fingerprint density at radius 2 is 2.10 bits per heavy atom. The van der Waals surface area contributed by atoms with Crippen LogP contribution < -0.4 is 10.6 Å². The highest BCUT2D eigenvalue weighted by Crippen LogP contribution is 2.29. The third kappa shape index (κ3) is 2.89. The van der Waals surface area contributed by atoms with Crippen molar-refractivity contribution in [2.75, 3.05) is 37.9 Å². The van der Waals surface area contributed by atoms with Crippen molar-refractivity contribution < 1.29 is 9.53 Å². The summed E-state index contributed by atoms with van der Waals surface area (Å²) in [6.45, 7) is 1.59. The second-order valence-corrected chi connectivity index (χ2v) is 5.84. The van der Waals surface area contributed by atoms with Crippen LogP contribution in [-0.4, -0.2) is 50.2 Å². The Balaban J connectivity index is 1.77. The quantitative estimate of drug-likeness (QED) is 0.889. The van der Waals surface area contributed by atoms with E-state index in [1.807, 2.05) is 13.1 Å². The lowest BCUT2D eigenvalue weighted by Crippen LogP contribution is -2.51. The van der Waals surface area contributed by atoms with Crippen molar-refractivity contribution in [3.63, 3.8) is 0 Å². The number of nitrogens with one attached hydrogen (secondary N) is 2. The number of hydrogen-bond acceptors (Lipinski definition) is 4. The largest absolute Gasteiger partial charge is 0.388 e. The van der Waals surface area contributed by atoms with Gasteiger partial charge in [0.05, 0.1) is 6.04 Å². The number of nitrogens with zero attached hydrogens (tertiary/aromatic N) is 1. The minimum absolute atomic E-state index is 0.0824. The monoisotopic (exact) mass is 289 g/mol. The molecule has 2 N–H and O–H groups in total. The molecule has 1 amide bonds. The van der Waals surface area contributed by atoms with Gasteiger partial charge in [-0.2, -0.15) is 0 Å². The maximum absolute atomic E-state index is 12.4. The topological polar surface area (TPSA) is 53.6 Å². The number of anilines is 2. The molecule has 0 radical (unpaired) electrons. The Hall–Kier alpha value is -1.59. The molecule has 1 unspecified atom stereocenters. The van der Waals surface area contributed by atoms with Crippen LogP contribution >= 0.6 is 0 Å². The Kier molecular flexibility index (Phi) is 4.12. The molecule has 0 spiro atoms. The lowest BCUT2D eigenvalue weighted by molar-refractivity contribution is -0.122. The summed E-state index contributed by atoms with van der Waals surface area (Å²) in [5.74, 6) is 0.102. The van der Waals surface area contributed by atoms with Gasteiger partial charge in [-0.1, -0.05) is 6.07 Å². The zero-order chi connectivity index (χ0) is 14.8. The lowest BCUT2D eigenvalue weighted by Gasteiger charge is -2.38. The third-order valence-electron chi connectivity index (χ3n) is 4.63. The van der Waals surface area contributed by atoms with E-state index in [0.717, 1.165) is 43.9 Å². The zero-order valence-electron chi connectivity index (χ0n) is 12.7. The average molecular weight is 289 g/mol. The predicted octanol–water partition coefficient (Wildman–Crippen LogP) is 1.70. The predicted molar refractivity (Wildman–Crippen MR) is 83.7 cm³/mol. The highest BCUT2D eigenvalue weighted by molar-refractivity contribution is 5.98. The fourth-order valence-electron chi connectivity index (χ4n) is 3.22. The normalized spacial score (nSPS) is 22.8. The maximum Gasteiger partial charge on any atom is 0.242 e. The van der Waals surface area contributed by atoms with E-state index in [2.05, 4.69) is 34.7 Å². The van der Waals surface area contributed by atoms with Crippen LogP contribution in [0.5, 0.6) is 0 Å². The molecule has 3 rings (SSSR count). The van der Waals surface area contributed by atoms with Crippen LogP contribution in [0.2, 0.25) is 0 Å². The van der Waals surface area contributed by atoms with Crippen LogP contribution in [0.25, 0.3) is 0 Å². The summed E-state index contributed by atoms with van der Waals surface area (Å²) >= 11 is 0. The smallest absolute Gasteiger partial charge is 0.242 e. The number of carbonyl (C=O) groups excluding carboxylic acids is 1. The SMILES string of the molecule is CNc1ccc2c(c1)NC(=O)C(N(C)C1CCOCC1)C2. The first kappa shape index (κ1) is 14.4. The molecular formula is C16H23N3O2. The van der Waals surface area contributed by atoms with E-state index in [9.17, 15) is 4.79 Å². The molecule has 5 heteroatoms. The number of benzene rings is 1. The van der Waals surface area contributed by atoms with Crippen LogP contribution in [0, 0.1) is 0 Å². The number of amides is 1. The maximum atomic E-state index is 12.4. The molecule has 0 saturated carbocycles. The molecule has 0 aliphatic carbocycles. The van der Waals surface area contributed by atoms with Gasteiger partial charge in [0.2, 0.25) is 5.91 Å². The first-order valence-electron chi connectivity index (χ1n) is 7.60. The first-order valence-corrected chi connectivity index (χ1v) is 7.60. The summed E-state index contributed by atoms with van der Waals surface area (Å²) in [6.07, 6.45) is 2.79. The number of hydrogen-bond donors (Lipinski definition) is 2. The minimum Gasteiger partial charge on any atom is -0.388 e. The van der Waals surface area contributed by atoms with Gasteiger partial charge in [0, 0.05) is 37.7 Å². The van der Waals surface area contributed by atoms with Crippen molar-refractivity contribution in [2.24, 2.45) is 0 Å². The molecule has 2 heterocycles. The van der Waals surface area contributed by atoms with Gasteiger partial charge in [-0.05, 0) is 44.0 Å². The van der Waals surface area contributed by atoms with Crippen molar-refractivity contribution in [3.8, 4) is 0 Å². The van der Waals surface area contributed by atoms with E-state index >= 15 is 0 Å². The van der Waals surface area contributed by atoms with Crippen LogP contribution in [0.15, 0.2) is 18.2 Å². The number of fused-ring (bicyclic) bond motifs is 1. The van der Waals surface area contributed by atoms with Crippen molar-refractivity contribution >= 4 is 17.3 Å². The number of rotatable bonds is 3. The average Bonchev–Trinajstić information content (AvgIpc) is 2.53. The molecule has 1 saturated heterocycles. The summed E-state index contributed by atoms with van der Waals surface area (Å²) < 4.78 is 5.41. The van der Waals surface area contributed by atoms with Crippen molar-refractivity contribution in [1.82, 2.24) is 4.90 Å². The van der Waals surface area contributed by atoms with E-state index < -0.39 is 0 Å². The molecule has 0 bridgehead atoms. The van der Waals surface area contributed by atoms with Gasteiger partial charge in [-0.15, -0.1) is 0 Å². The Bertz CT molecular complexity index is 526. The first-order chi connectivity index (χ1) is 10.2. The van der Waals surface area contributed by atoms with Crippen molar-refractivity contribution in [1.29, 1.82) is 0 Å². The summed E-state index contributed by atoms with van der Waals surface area (Å²) in [5.41, 5.74) is 3.16. The number of likely N-dealkylation sites (N-methyl/N-ethyl adjacent to an activating group) is 1. The molecular weight excluding hydrogens is 266 g/mol. The van der Waals surface area contributed by atoms with Crippen LogP contribution in [-0.2, 0) is 16.0 Å². The van der Waals surface area contributed by atoms with Crippen molar-refractivity contribution in [2.45, 2.75) is 31.3 Å². The van der Waals surface area contributed by atoms with Crippen LogP contribution in [0.1, 0.15) is 18.4 Å². The standard InChI is InChI=1S/C16H23N3O2/c1-17-12-4-3-11-9-15(16(20)18-14(11)10-12)19(2)13-5-7-21-8-6-13/h3-4,10,13,15,17H,5-9H2,1-2H3,(H,18,20). The summed E-state index contributed by atoms with van der Waals surface area (Å²) in [6, 6.07) is 6.51. The number of ether oxygens (including phenoxy) is 1. The molecule has 1 aromatic carbocycles. The zero-order valence-corrected chi connectivity index (χ0v) is 12.7. The second kappa shape index (κ2) is 6.03. The Morgan fingerprint density at radius 1 is 1.33 bits per heavy atom.